The van der Waals surface area contributed by atoms with E-state index in [4.69, 9.17) is 18.1 Å². The van der Waals surface area contributed by atoms with Crippen molar-refractivity contribution in [2.75, 3.05) is 38.8 Å². The van der Waals surface area contributed by atoms with Gasteiger partial charge in [-0.05, 0) is 24.0 Å². The highest BCUT2D eigenvalue weighted by atomic mass is 31.2. The SMILES string of the molecule is c1ccc(CCP2OCC3(CO2)COP(CCc2ccccc2)OC3)cc1. The Morgan fingerprint density at radius 2 is 0.963 bits per heavy atom. The molecular formula is C21H26O4P2. The third kappa shape index (κ3) is 5.57. The Hall–Kier alpha value is -0.860. The van der Waals surface area contributed by atoms with Gasteiger partial charge >= 0.3 is 0 Å². The Bertz CT molecular complexity index is 617. The minimum Gasteiger partial charge on any atom is -0.333 e. The molecule has 144 valence electrons. The largest absolute Gasteiger partial charge is 0.333 e. The van der Waals surface area contributed by atoms with Crippen molar-refractivity contribution in [3.63, 3.8) is 0 Å². The smallest absolute Gasteiger partial charge is 0.170 e. The standard InChI is InChI=1S/C21H26O4P2/c1-3-7-19(8-4-1)11-13-26-22-15-21(16-23-26)17-24-27(25-18-21)14-12-20-9-5-2-6-10-20/h1-10H,11-18H2. The predicted octanol–water partition coefficient (Wildman–Crippen LogP) is 5.18. The van der Waals surface area contributed by atoms with Gasteiger partial charge in [-0.15, -0.1) is 0 Å². The van der Waals surface area contributed by atoms with E-state index < -0.39 is 16.8 Å². The monoisotopic (exact) mass is 404 g/mol. The summed E-state index contributed by atoms with van der Waals surface area (Å²) in [5.41, 5.74) is 2.54. The summed E-state index contributed by atoms with van der Waals surface area (Å²) in [6, 6.07) is 21.0. The molecule has 0 amide bonds. The van der Waals surface area contributed by atoms with Crippen LogP contribution in [-0.4, -0.2) is 38.8 Å². The summed E-state index contributed by atoms with van der Waals surface area (Å²) in [6.45, 7) is 2.70. The van der Waals surface area contributed by atoms with Gasteiger partial charge in [0.1, 0.15) is 0 Å². The zero-order valence-corrected chi connectivity index (χ0v) is 17.2. The molecule has 4 rings (SSSR count). The van der Waals surface area contributed by atoms with E-state index in [9.17, 15) is 0 Å². The third-order valence-electron chi connectivity index (χ3n) is 4.91. The molecule has 0 atom stereocenters. The van der Waals surface area contributed by atoms with Crippen LogP contribution in [0.3, 0.4) is 0 Å². The molecule has 0 radical (unpaired) electrons. The molecule has 2 fully saturated rings. The van der Waals surface area contributed by atoms with Crippen molar-refractivity contribution < 1.29 is 18.1 Å². The van der Waals surface area contributed by atoms with Crippen LogP contribution in [-0.2, 0) is 30.9 Å². The van der Waals surface area contributed by atoms with Gasteiger partial charge in [0.2, 0.25) is 0 Å². The molecule has 2 aromatic rings. The van der Waals surface area contributed by atoms with Crippen LogP contribution >= 0.6 is 16.8 Å². The van der Waals surface area contributed by atoms with Crippen molar-refractivity contribution in [3.05, 3.63) is 71.8 Å². The molecule has 27 heavy (non-hydrogen) atoms. The fraction of sp³-hybridized carbons (Fsp3) is 0.429. The molecule has 0 N–H and O–H groups in total. The molecule has 2 aliphatic heterocycles. The van der Waals surface area contributed by atoms with Gasteiger partial charge in [-0.1, -0.05) is 60.7 Å². The van der Waals surface area contributed by atoms with Crippen LogP contribution in [0, 0.1) is 5.41 Å². The van der Waals surface area contributed by atoms with Gasteiger partial charge in [-0.3, -0.25) is 0 Å². The molecule has 2 aromatic carbocycles. The first-order valence-corrected chi connectivity index (χ1v) is 12.2. The second kappa shape index (κ2) is 9.56. The van der Waals surface area contributed by atoms with E-state index in [0.717, 1.165) is 25.2 Å². The fourth-order valence-corrected chi connectivity index (χ4v) is 6.37. The van der Waals surface area contributed by atoms with Gasteiger partial charge in [0.05, 0.1) is 31.8 Å². The fourth-order valence-electron chi connectivity index (χ4n) is 3.15. The molecule has 2 aliphatic rings. The number of hydrogen-bond donors (Lipinski definition) is 0. The van der Waals surface area contributed by atoms with Crippen molar-refractivity contribution in [3.8, 4) is 0 Å². The second-order valence-corrected chi connectivity index (χ2v) is 10.4. The molecule has 0 saturated carbocycles. The lowest BCUT2D eigenvalue weighted by Crippen LogP contribution is -2.45. The summed E-state index contributed by atoms with van der Waals surface area (Å²) in [5, 5.41) is 0. The Labute approximate surface area is 164 Å². The quantitative estimate of drug-likeness (QED) is 0.622. The maximum atomic E-state index is 6.05. The van der Waals surface area contributed by atoms with Gasteiger partial charge in [0.25, 0.3) is 0 Å². The topological polar surface area (TPSA) is 36.9 Å². The molecule has 2 saturated heterocycles. The van der Waals surface area contributed by atoms with Crippen molar-refractivity contribution in [2.45, 2.75) is 12.8 Å². The average Bonchev–Trinajstić information content (AvgIpc) is 2.75. The van der Waals surface area contributed by atoms with Crippen LogP contribution in [0.1, 0.15) is 11.1 Å². The molecule has 0 aromatic heterocycles. The van der Waals surface area contributed by atoms with Gasteiger partial charge < -0.3 is 18.1 Å². The van der Waals surface area contributed by atoms with Crippen LogP contribution in [0.4, 0.5) is 0 Å². The first-order valence-electron chi connectivity index (χ1n) is 9.46. The Balaban J connectivity index is 1.17. The number of benzene rings is 2. The first kappa shape index (κ1) is 19.5. The highest BCUT2D eigenvalue weighted by Gasteiger charge is 2.42. The van der Waals surface area contributed by atoms with Crippen molar-refractivity contribution in [1.29, 1.82) is 0 Å². The number of hydrogen-bond acceptors (Lipinski definition) is 4. The molecule has 0 aliphatic carbocycles. The summed E-state index contributed by atoms with van der Waals surface area (Å²) >= 11 is 0. The summed E-state index contributed by atoms with van der Waals surface area (Å²) < 4.78 is 24.2. The summed E-state index contributed by atoms with van der Waals surface area (Å²) in [6.07, 6.45) is 3.89. The maximum absolute atomic E-state index is 6.05. The Morgan fingerprint density at radius 3 is 1.33 bits per heavy atom. The zero-order valence-electron chi connectivity index (χ0n) is 15.5. The van der Waals surface area contributed by atoms with E-state index >= 15 is 0 Å². The van der Waals surface area contributed by atoms with Crippen LogP contribution in [0.25, 0.3) is 0 Å². The van der Waals surface area contributed by atoms with E-state index in [2.05, 4.69) is 48.5 Å². The molecule has 0 unspecified atom stereocenters. The molecule has 2 heterocycles. The van der Waals surface area contributed by atoms with E-state index in [1.165, 1.54) is 11.1 Å². The predicted molar refractivity (Wildman–Crippen MR) is 110 cm³/mol. The van der Waals surface area contributed by atoms with Gasteiger partial charge in [-0.2, -0.15) is 0 Å². The Kier molecular flexibility index (Phi) is 6.89. The summed E-state index contributed by atoms with van der Waals surface area (Å²) in [7, 11) is -1.60. The highest BCUT2D eigenvalue weighted by Crippen LogP contribution is 2.52. The number of aryl methyl sites for hydroxylation is 2. The molecule has 4 nitrogen and oxygen atoms in total. The van der Waals surface area contributed by atoms with Crippen LogP contribution < -0.4 is 0 Å². The van der Waals surface area contributed by atoms with Crippen LogP contribution in [0.2, 0.25) is 0 Å². The summed E-state index contributed by atoms with van der Waals surface area (Å²) in [4.78, 5) is 0. The lowest BCUT2D eigenvalue weighted by atomic mass is 9.93. The molecular weight excluding hydrogens is 378 g/mol. The van der Waals surface area contributed by atoms with E-state index in [-0.39, 0.29) is 5.41 Å². The third-order valence-corrected chi connectivity index (χ3v) is 7.76. The van der Waals surface area contributed by atoms with Crippen LogP contribution in [0.15, 0.2) is 60.7 Å². The van der Waals surface area contributed by atoms with Gasteiger partial charge in [0.15, 0.2) is 16.8 Å². The average molecular weight is 404 g/mol. The van der Waals surface area contributed by atoms with Crippen molar-refractivity contribution in [1.82, 2.24) is 0 Å². The van der Waals surface area contributed by atoms with E-state index in [1.54, 1.807) is 0 Å². The molecule has 1 spiro atoms. The lowest BCUT2D eigenvalue weighted by molar-refractivity contribution is -0.0529. The minimum atomic E-state index is -0.800. The van der Waals surface area contributed by atoms with Gasteiger partial charge in [0, 0.05) is 12.3 Å². The summed E-state index contributed by atoms with van der Waals surface area (Å²) in [5.74, 6) is 0. The minimum absolute atomic E-state index is 0.128. The van der Waals surface area contributed by atoms with Crippen molar-refractivity contribution in [2.24, 2.45) is 5.41 Å². The van der Waals surface area contributed by atoms with Gasteiger partial charge in [-0.25, -0.2) is 0 Å². The van der Waals surface area contributed by atoms with Crippen molar-refractivity contribution >= 4 is 16.8 Å². The molecule has 6 heteroatoms. The lowest BCUT2D eigenvalue weighted by Gasteiger charge is -2.43. The zero-order chi connectivity index (χ0) is 18.4. The second-order valence-electron chi connectivity index (χ2n) is 7.18. The van der Waals surface area contributed by atoms with Crippen LogP contribution in [0.5, 0.6) is 0 Å². The number of rotatable bonds is 6. The van der Waals surface area contributed by atoms with E-state index in [0.29, 0.717) is 26.4 Å². The highest BCUT2D eigenvalue weighted by molar-refractivity contribution is 7.47. The molecule has 0 bridgehead atoms. The normalized spacial score (nSPS) is 28.3. The Morgan fingerprint density at radius 1 is 0.593 bits per heavy atom. The maximum Gasteiger partial charge on any atom is 0.170 e. The van der Waals surface area contributed by atoms with E-state index in [1.807, 2.05) is 12.1 Å². The first-order chi connectivity index (χ1) is 13.3.